The van der Waals surface area contributed by atoms with Gasteiger partial charge in [0.1, 0.15) is 12.3 Å². The van der Waals surface area contributed by atoms with Gasteiger partial charge in [-0.05, 0) is 42.9 Å². The van der Waals surface area contributed by atoms with Gasteiger partial charge in [0.2, 0.25) is 15.9 Å². The number of fused-ring (bicyclic) bond motifs is 1. The van der Waals surface area contributed by atoms with Crippen molar-refractivity contribution in [3.63, 3.8) is 0 Å². The van der Waals surface area contributed by atoms with Gasteiger partial charge in [0.15, 0.2) is 6.61 Å². The normalized spacial score (nSPS) is 22.7. The van der Waals surface area contributed by atoms with E-state index in [1.165, 1.54) is 21.3 Å². The second kappa shape index (κ2) is 8.71. The molecular weight excluding hydrogens is 394 g/mol. The van der Waals surface area contributed by atoms with Crippen LogP contribution in [-0.2, 0) is 19.6 Å². The van der Waals surface area contributed by atoms with Crippen molar-refractivity contribution in [1.29, 1.82) is 0 Å². The Labute approximate surface area is 172 Å². The third-order valence-corrected chi connectivity index (χ3v) is 7.05. The van der Waals surface area contributed by atoms with Crippen molar-refractivity contribution in [2.24, 2.45) is 11.8 Å². The topological polar surface area (TPSA) is 96.0 Å². The molecule has 0 spiro atoms. The SMILES string of the molecule is CCCNC(=O)CN1C(=O)COc2ccc(S(=O)(=O)N3C[C@@H](C)C[C@H](C)C3)cc21. The summed E-state index contributed by atoms with van der Waals surface area (Å²) in [5, 5.41) is 2.74. The number of nitrogens with zero attached hydrogens (tertiary/aromatic N) is 2. The maximum atomic E-state index is 13.2. The van der Waals surface area contributed by atoms with Gasteiger partial charge in [0.25, 0.3) is 5.91 Å². The van der Waals surface area contributed by atoms with Gasteiger partial charge in [-0.25, -0.2) is 8.42 Å². The molecule has 1 aromatic carbocycles. The van der Waals surface area contributed by atoms with Crippen LogP contribution in [-0.4, -0.2) is 57.3 Å². The van der Waals surface area contributed by atoms with E-state index in [2.05, 4.69) is 5.32 Å². The molecule has 2 aliphatic heterocycles. The summed E-state index contributed by atoms with van der Waals surface area (Å²) in [4.78, 5) is 25.9. The Hall–Kier alpha value is -2.13. The van der Waals surface area contributed by atoms with Crippen molar-refractivity contribution in [2.75, 3.05) is 37.7 Å². The van der Waals surface area contributed by atoms with E-state index in [4.69, 9.17) is 4.74 Å². The molecule has 0 aromatic heterocycles. The van der Waals surface area contributed by atoms with Crippen LogP contribution in [0.2, 0.25) is 0 Å². The summed E-state index contributed by atoms with van der Waals surface area (Å²) in [7, 11) is -3.71. The van der Waals surface area contributed by atoms with Crippen LogP contribution in [0.1, 0.15) is 33.6 Å². The van der Waals surface area contributed by atoms with Crippen LogP contribution >= 0.6 is 0 Å². The Morgan fingerprint density at radius 3 is 2.59 bits per heavy atom. The molecule has 160 valence electrons. The number of hydrogen-bond donors (Lipinski definition) is 1. The van der Waals surface area contributed by atoms with Gasteiger partial charge >= 0.3 is 0 Å². The first-order valence-electron chi connectivity index (χ1n) is 10.1. The summed E-state index contributed by atoms with van der Waals surface area (Å²) in [6.45, 7) is 7.16. The molecule has 1 saturated heterocycles. The summed E-state index contributed by atoms with van der Waals surface area (Å²) in [5.74, 6) is 0.302. The molecule has 0 unspecified atom stereocenters. The lowest BCUT2D eigenvalue weighted by Crippen LogP contribution is -2.45. The second-order valence-corrected chi connectivity index (χ2v) is 9.95. The minimum Gasteiger partial charge on any atom is -0.482 e. The second-order valence-electron chi connectivity index (χ2n) is 8.02. The lowest BCUT2D eigenvalue weighted by Gasteiger charge is -2.34. The summed E-state index contributed by atoms with van der Waals surface area (Å²) in [6.07, 6.45) is 1.79. The molecule has 1 N–H and O–H groups in total. The molecule has 0 saturated carbocycles. The van der Waals surface area contributed by atoms with E-state index in [1.807, 2.05) is 20.8 Å². The Morgan fingerprint density at radius 2 is 1.93 bits per heavy atom. The predicted octanol–water partition coefficient (Wildman–Crippen LogP) is 1.60. The molecule has 1 fully saturated rings. The van der Waals surface area contributed by atoms with E-state index in [-0.39, 0.29) is 41.7 Å². The molecule has 0 aliphatic carbocycles. The van der Waals surface area contributed by atoms with Gasteiger partial charge < -0.3 is 10.1 Å². The van der Waals surface area contributed by atoms with Gasteiger partial charge in [0.05, 0.1) is 10.6 Å². The van der Waals surface area contributed by atoms with Crippen molar-refractivity contribution in [3.05, 3.63) is 18.2 Å². The standard InChI is InChI=1S/C20H29N3O5S/c1-4-7-21-19(24)12-23-17-9-16(5-6-18(17)28-13-20(23)25)29(26,27)22-10-14(2)8-15(3)11-22/h5-6,9,14-15H,4,7-8,10-13H2,1-3H3,(H,21,24)/t14-,15-/m0/s1. The van der Waals surface area contributed by atoms with Crippen molar-refractivity contribution in [3.8, 4) is 5.75 Å². The van der Waals surface area contributed by atoms with E-state index in [1.54, 1.807) is 6.07 Å². The fraction of sp³-hybridized carbons (Fsp3) is 0.600. The molecular formula is C20H29N3O5S. The molecule has 1 aromatic rings. The van der Waals surface area contributed by atoms with Gasteiger partial charge in [0, 0.05) is 19.6 Å². The summed E-state index contributed by atoms with van der Waals surface area (Å²) >= 11 is 0. The monoisotopic (exact) mass is 423 g/mol. The average molecular weight is 424 g/mol. The maximum absolute atomic E-state index is 13.2. The molecule has 2 aliphatic rings. The number of piperidine rings is 1. The van der Waals surface area contributed by atoms with Crippen LogP contribution in [0.15, 0.2) is 23.1 Å². The van der Waals surface area contributed by atoms with Crippen LogP contribution in [0.25, 0.3) is 0 Å². The number of sulfonamides is 1. The molecule has 2 heterocycles. The lowest BCUT2D eigenvalue weighted by molar-refractivity contribution is -0.125. The Kier molecular flexibility index (Phi) is 6.48. The summed E-state index contributed by atoms with van der Waals surface area (Å²) in [5.41, 5.74) is 0.312. The van der Waals surface area contributed by atoms with Crippen molar-refractivity contribution < 1.29 is 22.7 Å². The van der Waals surface area contributed by atoms with E-state index >= 15 is 0 Å². The first-order valence-corrected chi connectivity index (χ1v) is 11.5. The number of benzene rings is 1. The zero-order chi connectivity index (χ0) is 21.2. The molecule has 0 radical (unpaired) electrons. The molecule has 2 amide bonds. The summed E-state index contributed by atoms with van der Waals surface area (Å²) in [6, 6.07) is 4.50. The zero-order valence-corrected chi connectivity index (χ0v) is 18.0. The van der Waals surface area contributed by atoms with E-state index in [0.717, 1.165) is 12.8 Å². The highest BCUT2D eigenvalue weighted by Crippen LogP contribution is 2.36. The minimum atomic E-state index is -3.71. The maximum Gasteiger partial charge on any atom is 0.265 e. The number of anilines is 1. The van der Waals surface area contributed by atoms with Crippen LogP contribution in [0.4, 0.5) is 5.69 Å². The third-order valence-electron chi connectivity index (χ3n) is 5.22. The average Bonchev–Trinajstić information content (AvgIpc) is 2.67. The van der Waals surface area contributed by atoms with E-state index in [9.17, 15) is 18.0 Å². The number of hydrogen-bond acceptors (Lipinski definition) is 5. The highest BCUT2D eigenvalue weighted by Gasteiger charge is 2.34. The van der Waals surface area contributed by atoms with E-state index in [0.29, 0.717) is 31.1 Å². The fourth-order valence-electron chi connectivity index (χ4n) is 3.93. The number of carbonyl (C=O) groups is 2. The lowest BCUT2D eigenvalue weighted by atomic mass is 9.94. The molecule has 8 nitrogen and oxygen atoms in total. The number of amides is 2. The first kappa shape index (κ1) is 21.6. The number of ether oxygens (including phenoxy) is 1. The Morgan fingerprint density at radius 1 is 1.24 bits per heavy atom. The van der Waals surface area contributed by atoms with Crippen molar-refractivity contribution >= 4 is 27.5 Å². The van der Waals surface area contributed by atoms with Crippen LogP contribution in [0, 0.1) is 11.8 Å². The molecule has 29 heavy (non-hydrogen) atoms. The van der Waals surface area contributed by atoms with Crippen LogP contribution in [0.3, 0.4) is 0 Å². The Balaban J connectivity index is 1.90. The van der Waals surface area contributed by atoms with E-state index < -0.39 is 10.0 Å². The number of carbonyl (C=O) groups excluding carboxylic acids is 2. The zero-order valence-electron chi connectivity index (χ0n) is 17.2. The fourth-order valence-corrected chi connectivity index (χ4v) is 5.63. The van der Waals surface area contributed by atoms with Crippen molar-refractivity contribution in [1.82, 2.24) is 9.62 Å². The molecule has 2 atom stereocenters. The van der Waals surface area contributed by atoms with Crippen LogP contribution in [0.5, 0.6) is 5.75 Å². The molecule has 3 rings (SSSR count). The smallest absolute Gasteiger partial charge is 0.265 e. The van der Waals surface area contributed by atoms with Gasteiger partial charge in [-0.1, -0.05) is 20.8 Å². The molecule has 0 bridgehead atoms. The predicted molar refractivity (Wildman–Crippen MR) is 109 cm³/mol. The minimum absolute atomic E-state index is 0.106. The highest BCUT2D eigenvalue weighted by molar-refractivity contribution is 7.89. The first-order chi connectivity index (χ1) is 13.7. The van der Waals surface area contributed by atoms with Gasteiger partial charge in [-0.3, -0.25) is 14.5 Å². The summed E-state index contributed by atoms with van der Waals surface area (Å²) < 4.78 is 33.4. The van der Waals surface area contributed by atoms with Gasteiger partial charge in [-0.2, -0.15) is 4.31 Å². The number of rotatable bonds is 6. The largest absolute Gasteiger partial charge is 0.482 e. The van der Waals surface area contributed by atoms with Gasteiger partial charge in [-0.15, -0.1) is 0 Å². The third kappa shape index (κ3) is 4.72. The van der Waals surface area contributed by atoms with Crippen LogP contribution < -0.4 is 15.0 Å². The molecule has 9 heteroatoms. The van der Waals surface area contributed by atoms with Crippen molar-refractivity contribution in [2.45, 2.75) is 38.5 Å². The Bertz CT molecular complexity index is 876. The highest BCUT2D eigenvalue weighted by atomic mass is 32.2. The number of nitrogens with one attached hydrogen (secondary N) is 1. The quantitative estimate of drug-likeness (QED) is 0.750.